The Morgan fingerprint density at radius 2 is 1.76 bits per heavy atom. The van der Waals surface area contributed by atoms with Gasteiger partial charge in [-0.2, -0.15) is 4.31 Å². The minimum Gasteiger partial charge on any atom is -0.492 e. The molecule has 1 fully saturated rings. The lowest BCUT2D eigenvalue weighted by Crippen LogP contribution is -2.50. The number of carbonyl (C=O) groups excluding carboxylic acids is 1. The average Bonchev–Trinajstić information content (AvgIpc) is 2.54. The number of carbonyl (C=O) groups is 1. The molecule has 2 rings (SSSR count). The molecule has 0 spiro atoms. The molecule has 0 N–H and O–H groups in total. The number of hydrogen-bond donors (Lipinski definition) is 0. The normalized spacial score (nSPS) is 16.8. The summed E-state index contributed by atoms with van der Waals surface area (Å²) in [7, 11) is -3.68. The van der Waals surface area contributed by atoms with Gasteiger partial charge in [-0.1, -0.05) is 26.8 Å². The fourth-order valence-corrected chi connectivity index (χ4v) is 4.41. The van der Waals surface area contributed by atoms with E-state index in [2.05, 4.69) is 0 Å². The molecule has 0 atom stereocenters. The first kappa shape index (κ1) is 19.7. The van der Waals surface area contributed by atoms with Crippen molar-refractivity contribution >= 4 is 15.9 Å². The van der Waals surface area contributed by atoms with Crippen molar-refractivity contribution in [2.24, 2.45) is 0 Å². The van der Waals surface area contributed by atoms with Crippen molar-refractivity contribution in [1.82, 2.24) is 9.21 Å². The minimum atomic E-state index is -3.68. The van der Waals surface area contributed by atoms with Crippen molar-refractivity contribution in [3.8, 4) is 5.75 Å². The SMILES string of the molecule is CCOc1ccc(C(C)(C)C)cc1S(=O)(=O)N1CCN(C(C)=O)CC1. The molecule has 0 unspecified atom stereocenters. The van der Waals surface area contributed by atoms with E-state index >= 15 is 0 Å². The molecule has 1 saturated heterocycles. The fourth-order valence-electron chi connectivity index (χ4n) is 2.83. The second-order valence-corrected chi connectivity index (χ2v) is 9.16. The number of rotatable bonds is 4. The van der Waals surface area contributed by atoms with E-state index in [0.29, 0.717) is 38.5 Å². The molecule has 7 heteroatoms. The molecular weight excluding hydrogens is 340 g/mol. The lowest BCUT2D eigenvalue weighted by atomic mass is 9.87. The van der Waals surface area contributed by atoms with E-state index in [1.165, 1.54) is 11.2 Å². The van der Waals surface area contributed by atoms with Crippen molar-refractivity contribution < 1.29 is 17.9 Å². The summed E-state index contributed by atoms with van der Waals surface area (Å²) >= 11 is 0. The van der Waals surface area contributed by atoms with Crippen LogP contribution in [-0.2, 0) is 20.2 Å². The van der Waals surface area contributed by atoms with Crippen molar-refractivity contribution in [1.29, 1.82) is 0 Å². The third-order valence-electron chi connectivity index (χ3n) is 4.41. The average molecular weight is 368 g/mol. The smallest absolute Gasteiger partial charge is 0.246 e. The number of amides is 1. The number of benzene rings is 1. The van der Waals surface area contributed by atoms with Crippen LogP contribution in [0.2, 0.25) is 0 Å². The molecule has 1 aromatic rings. The molecule has 1 amide bonds. The zero-order valence-corrected chi connectivity index (χ0v) is 16.5. The highest BCUT2D eigenvalue weighted by molar-refractivity contribution is 7.89. The minimum absolute atomic E-state index is 0.0261. The van der Waals surface area contributed by atoms with E-state index in [1.807, 2.05) is 33.8 Å². The molecule has 1 aliphatic heterocycles. The first-order valence-electron chi connectivity index (χ1n) is 8.60. The van der Waals surface area contributed by atoms with Crippen LogP contribution in [0.25, 0.3) is 0 Å². The van der Waals surface area contributed by atoms with E-state index in [9.17, 15) is 13.2 Å². The maximum absolute atomic E-state index is 13.2. The van der Waals surface area contributed by atoms with Crippen molar-refractivity contribution in [3.05, 3.63) is 23.8 Å². The van der Waals surface area contributed by atoms with Crippen molar-refractivity contribution in [2.45, 2.75) is 44.9 Å². The zero-order valence-electron chi connectivity index (χ0n) is 15.7. The lowest BCUT2D eigenvalue weighted by molar-refractivity contribution is -0.129. The Kier molecular flexibility index (Phi) is 5.79. The Morgan fingerprint density at radius 1 is 1.16 bits per heavy atom. The topological polar surface area (TPSA) is 66.9 Å². The Balaban J connectivity index is 2.39. The van der Waals surface area contributed by atoms with Crippen LogP contribution in [0.1, 0.15) is 40.2 Å². The number of ether oxygens (including phenoxy) is 1. The number of sulfonamides is 1. The van der Waals surface area contributed by atoms with E-state index in [1.54, 1.807) is 17.0 Å². The molecule has 1 aromatic carbocycles. The van der Waals surface area contributed by atoms with Crippen LogP contribution in [0, 0.1) is 0 Å². The first-order chi connectivity index (χ1) is 11.6. The third-order valence-corrected chi connectivity index (χ3v) is 6.33. The van der Waals surface area contributed by atoms with E-state index in [0.717, 1.165) is 5.56 Å². The summed E-state index contributed by atoms with van der Waals surface area (Å²) in [5, 5.41) is 0. The predicted octanol–water partition coefficient (Wildman–Crippen LogP) is 2.24. The van der Waals surface area contributed by atoms with Gasteiger partial charge in [0.2, 0.25) is 15.9 Å². The van der Waals surface area contributed by atoms with Gasteiger partial charge < -0.3 is 9.64 Å². The molecule has 25 heavy (non-hydrogen) atoms. The highest BCUT2D eigenvalue weighted by atomic mass is 32.2. The van der Waals surface area contributed by atoms with Gasteiger partial charge in [0.25, 0.3) is 0 Å². The second kappa shape index (κ2) is 7.33. The number of hydrogen-bond acceptors (Lipinski definition) is 4. The molecular formula is C18H28N2O4S. The molecule has 6 nitrogen and oxygen atoms in total. The maximum Gasteiger partial charge on any atom is 0.246 e. The van der Waals surface area contributed by atoms with Crippen LogP contribution >= 0.6 is 0 Å². The van der Waals surface area contributed by atoms with Crippen molar-refractivity contribution in [2.75, 3.05) is 32.8 Å². The molecule has 140 valence electrons. The Labute approximate surface area is 150 Å². The fraction of sp³-hybridized carbons (Fsp3) is 0.611. The molecule has 0 aliphatic carbocycles. The molecule has 0 aromatic heterocycles. The van der Waals surface area contributed by atoms with Crippen LogP contribution in [0.3, 0.4) is 0 Å². The number of piperazine rings is 1. The summed E-state index contributed by atoms with van der Waals surface area (Å²) in [5.41, 5.74) is 0.777. The van der Waals surface area contributed by atoms with Gasteiger partial charge in [0, 0.05) is 33.1 Å². The van der Waals surface area contributed by atoms with Crippen LogP contribution in [0.5, 0.6) is 5.75 Å². The number of nitrogens with zero attached hydrogens (tertiary/aromatic N) is 2. The van der Waals surface area contributed by atoms with Crippen LogP contribution in [0.15, 0.2) is 23.1 Å². The highest BCUT2D eigenvalue weighted by Gasteiger charge is 2.32. The molecule has 0 bridgehead atoms. The summed E-state index contributed by atoms with van der Waals surface area (Å²) in [4.78, 5) is 13.3. The highest BCUT2D eigenvalue weighted by Crippen LogP contribution is 2.33. The van der Waals surface area contributed by atoms with Gasteiger partial charge in [-0.15, -0.1) is 0 Å². The van der Waals surface area contributed by atoms with Gasteiger partial charge in [0.05, 0.1) is 6.61 Å². The first-order valence-corrected chi connectivity index (χ1v) is 10.0. The Morgan fingerprint density at radius 3 is 2.24 bits per heavy atom. The second-order valence-electron chi connectivity index (χ2n) is 7.25. The van der Waals surface area contributed by atoms with Gasteiger partial charge in [-0.25, -0.2) is 8.42 Å². The van der Waals surface area contributed by atoms with Gasteiger partial charge >= 0.3 is 0 Å². The summed E-state index contributed by atoms with van der Waals surface area (Å²) in [5.74, 6) is 0.353. The quantitative estimate of drug-likeness (QED) is 0.817. The van der Waals surface area contributed by atoms with Crippen LogP contribution in [0.4, 0.5) is 0 Å². The van der Waals surface area contributed by atoms with E-state index in [-0.39, 0.29) is 16.2 Å². The standard InChI is InChI=1S/C18H28N2O4S/c1-6-24-16-8-7-15(18(3,4)5)13-17(16)25(22,23)20-11-9-19(10-12-20)14(2)21/h7-8,13H,6,9-12H2,1-5H3. The predicted molar refractivity (Wildman–Crippen MR) is 97.3 cm³/mol. The van der Waals surface area contributed by atoms with Crippen molar-refractivity contribution in [3.63, 3.8) is 0 Å². The van der Waals surface area contributed by atoms with Crippen LogP contribution in [-0.4, -0.2) is 56.3 Å². The van der Waals surface area contributed by atoms with E-state index in [4.69, 9.17) is 4.74 Å². The monoisotopic (exact) mass is 368 g/mol. The summed E-state index contributed by atoms with van der Waals surface area (Å²) in [6.45, 7) is 11.3. The molecule has 0 radical (unpaired) electrons. The summed E-state index contributed by atoms with van der Waals surface area (Å²) < 4.78 is 33.4. The summed E-state index contributed by atoms with van der Waals surface area (Å²) in [6.07, 6.45) is 0. The maximum atomic E-state index is 13.2. The van der Waals surface area contributed by atoms with Gasteiger partial charge in [0.15, 0.2) is 0 Å². The molecule has 0 saturated carbocycles. The molecule has 1 heterocycles. The Hall–Kier alpha value is -1.60. The zero-order chi connectivity index (χ0) is 18.8. The Bertz CT molecular complexity index is 730. The van der Waals surface area contributed by atoms with Gasteiger partial charge in [-0.05, 0) is 30.0 Å². The largest absolute Gasteiger partial charge is 0.492 e. The lowest BCUT2D eigenvalue weighted by Gasteiger charge is -2.34. The molecule has 1 aliphatic rings. The van der Waals surface area contributed by atoms with Gasteiger partial charge in [-0.3, -0.25) is 4.79 Å². The van der Waals surface area contributed by atoms with Gasteiger partial charge in [0.1, 0.15) is 10.6 Å². The van der Waals surface area contributed by atoms with E-state index < -0.39 is 10.0 Å². The summed E-state index contributed by atoms with van der Waals surface area (Å²) in [6, 6.07) is 5.37. The third kappa shape index (κ3) is 4.33. The van der Waals surface area contributed by atoms with Crippen LogP contribution < -0.4 is 4.74 Å².